The standard InChI is InChI=1S/C22H18ClFN4O4S/c1-26-15-9-16-13(8-14(15)24)22(31)28(10-32-16)12-4-2-11(3-5-12)21(30)27-19(20(25)29)17-6-7-18(23)33-17/h2-9,19,26H,10H2,1H3,(H2,25,29)(H,27,30). The number of carbonyl (C=O) groups is 3. The molecule has 3 aromatic rings. The van der Waals surface area contributed by atoms with Gasteiger partial charge in [-0.15, -0.1) is 11.3 Å². The van der Waals surface area contributed by atoms with Crippen LogP contribution in [-0.2, 0) is 4.79 Å². The molecule has 0 spiro atoms. The van der Waals surface area contributed by atoms with E-state index < -0.39 is 29.6 Å². The molecule has 0 saturated heterocycles. The van der Waals surface area contributed by atoms with Crippen LogP contribution in [0, 0.1) is 5.82 Å². The summed E-state index contributed by atoms with van der Waals surface area (Å²) < 4.78 is 20.2. The first-order valence-corrected chi connectivity index (χ1v) is 10.9. The Balaban J connectivity index is 1.51. The van der Waals surface area contributed by atoms with Crippen molar-refractivity contribution in [2.75, 3.05) is 24.0 Å². The van der Waals surface area contributed by atoms with E-state index in [1.807, 2.05) is 0 Å². The van der Waals surface area contributed by atoms with Crippen LogP contribution in [-0.4, -0.2) is 31.5 Å². The number of benzene rings is 2. The van der Waals surface area contributed by atoms with Crippen LogP contribution in [0.1, 0.15) is 31.6 Å². The van der Waals surface area contributed by atoms with Gasteiger partial charge in [-0.05, 0) is 42.5 Å². The molecular formula is C22H18ClFN4O4S. The normalized spacial score (nSPS) is 13.7. The Bertz CT molecular complexity index is 1250. The van der Waals surface area contributed by atoms with Gasteiger partial charge in [-0.25, -0.2) is 4.39 Å². The van der Waals surface area contributed by atoms with Crippen molar-refractivity contribution >= 4 is 52.0 Å². The molecule has 8 nitrogen and oxygen atoms in total. The highest BCUT2D eigenvalue weighted by molar-refractivity contribution is 7.16. The molecule has 1 atom stereocenters. The number of halogens is 2. The monoisotopic (exact) mass is 488 g/mol. The molecule has 4 rings (SSSR count). The molecule has 0 fully saturated rings. The summed E-state index contributed by atoms with van der Waals surface area (Å²) in [5, 5.41) is 5.28. The first-order chi connectivity index (χ1) is 15.8. The van der Waals surface area contributed by atoms with Crippen LogP contribution in [0.25, 0.3) is 0 Å². The first kappa shape index (κ1) is 22.6. The zero-order valence-electron chi connectivity index (χ0n) is 17.2. The predicted octanol–water partition coefficient (Wildman–Crippen LogP) is 3.54. The van der Waals surface area contributed by atoms with Gasteiger partial charge in [0.1, 0.15) is 17.6 Å². The highest BCUT2D eigenvalue weighted by Gasteiger charge is 2.29. The molecule has 1 aliphatic heterocycles. The second-order valence-corrected chi connectivity index (χ2v) is 8.83. The average molecular weight is 489 g/mol. The molecule has 2 aromatic carbocycles. The van der Waals surface area contributed by atoms with Crippen LogP contribution in [0.2, 0.25) is 4.34 Å². The van der Waals surface area contributed by atoms with Gasteiger partial charge in [0.05, 0.1) is 15.6 Å². The quantitative estimate of drug-likeness (QED) is 0.491. The highest BCUT2D eigenvalue weighted by Crippen LogP contribution is 2.32. The second-order valence-electron chi connectivity index (χ2n) is 7.08. The lowest BCUT2D eigenvalue weighted by molar-refractivity contribution is -0.119. The van der Waals surface area contributed by atoms with Gasteiger partial charge in [-0.1, -0.05) is 11.6 Å². The van der Waals surface area contributed by atoms with E-state index in [1.165, 1.54) is 23.1 Å². The van der Waals surface area contributed by atoms with Gasteiger partial charge in [0.25, 0.3) is 11.8 Å². The molecule has 1 aliphatic rings. The fourth-order valence-corrected chi connectivity index (χ4v) is 4.46. The van der Waals surface area contributed by atoms with Crippen LogP contribution in [0.15, 0.2) is 48.5 Å². The van der Waals surface area contributed by atoms with Gasteiger partial charge in [0, 0.05) is 29.2 Å². The van der Waals surface area contributed by atoms with Crippen molar-refractivity contribution in [3.63, 3.8) is 0 Å². The number of thiophene rings is 1. The van der Waals surface area contributed by atoms with E-state index in [0.717, 1.165) is 17.4 Å². The number of rotatable bonds is 6. The third-order valence-electron chi connectivity index (χ3n) is 5.04. The number of nitrogens with zero attached hydrogens (tertiary/aromatic N) is 1. The van der Waals surface area contributed by atoms with E-state index in [2.05, 4.69) is 10.6 Å². The smallest absolute Gasteiger partial charge is 0.264 e. The summed E-state index contributed by atoms with van der Waals surface area (Å²) >= 11 is 7.05. The number of hydrogen-bond donors (Lipinski definition) is 3. The fourth-order valence-electron chi connectivity index (χ4n) is 3.33. The topological polar surface area (TPSA) is 114 Å². The molecule has 0 radical (unpaired) electrons. The number of ether oxygens (including phenoxy) is 1. The van der Waals surface area contributed by atoms with E-state index >= 15 is 0 Å². The third-order valence-corrected chi connectivity index (χ3v) is 6.34. The number of fused-ring (bicyclic) bond motifs is 1. The molecule has 33 heavy (non-hydrogen) atoms. The summed E-state index contributed by atoms with van der Waals surface area (Å²) in [5.74, 6) is -1.97. The van der Waals surface area contributed by atoms with Gasteiger partial charge >= 0.3 is 0 Å². The van der Waals surface area contributed by atoms with Crippen molar-refractivity contribution in [2.24, 2.45) is 5.73 Å². The summed E-state index contributed by atoms with van der Waals surface area (Å²) in [5.41, 5.74) is 6.46. The maximum absolute atomic E-state index is 14.1. The molecule has 1 aromatic heterocycles. The minimum atomic E-state index is -1.03. The summed E-state index contributed by atoms with van der Waals surface area (Å²) in [6, 6.07) is 10.9. The lowest BCUT2D eigenvalue weighted by Crippen LogP contribution is -2.39. The largest absolute Gasteiger partial charge is 0.472 e. The maximum Gasteiger partial charge on any atom is 0.264 e. The number of nitrogens with one attached hydrogen (secondary N) is 2. The predicted molar refractivity (Wildman–Crippen MR) is 123 cm³/mol. The minimum Gasteiger partial charge on any atom is -0.472 e. The van der Waals surface area contributed by atoms with Crippen molar-refractivity contribution in [3.8, 4) is 5.75 Å². The average Bonchev–Trinajstić information content (AvgIpc) is 3.23. The Morgan fingerprint density at radius 2 is 1.94 bits per heavy atom. The van der Waals surface area contributed by atoms with Gasteiger partial charge in [-0.3, -0.25) is 19.3 Å². The minimum absolute atomic E-state index is 0.0744. The molecule has 3 amide bonds. The summed E-state index contributed by atoms with van der Waals surface area (Å²) in [6.07, 6.45) is 0. The molecule has 0 bridgehead atoms. The lowest BCUT2D eigenvalue weighted by atomic mass is 10.1. The molecule has 170 valence electrons. The Labute approximate surface area is 197 Å². The van der Waals surface area contributed by atoms with E-state index in [1.54, 1.807) is 31.3 Å². The van der Waals surface area contributed by atoms with E-state index in [0.29, 0.717) is 14.9 Å². The Hall–Kier alpha value is -3.63. The number of anilines is 2. The van der Waals surface area contributed by atoms with Gasteiger partial charge in [0.2, 0.25) is 5.91 Å². The molecule has 11 heteroatoms. The Morgan fingerprint density at radius 1 is 1.21 bits per heavy atom. The molecule has 4 N–H and O–H groups in total. The summed E-state index contributed by atoms with van der Waals surface area (Å²) in [6.45, 7) is -0.0744. The van der Waals surface area contributed by atoms with E-state index in [9.17, 15) is 18.8 Å². The van der Waals surface area contributed by atoms with Crippen LogP contribution >= 0.6 is 22.9 Å². The molecule has 0 saturated carbocycles. The molecule has 1 unspecified atom stereocenters. The molecule has 0 aliphatic carbocycles. The third kappa shape index (κ3) is 4.48. The maximum atomic E-state index is 14.1. The fraction of sp³-hybridized carbons (Fsp3) is 0.136. The van der Waals surface area contributed by atoms with Crippen molar-refractivity contribution in [3.05, 3.63) is 74.7 Å². The van der Waals surface area contributed by atoms with Gasteiger partial charge in [0.15, 0.2) is 6.73 Å². The molecular weight excluding hydrogens is 471 g/mol. The van der Waals surface area contributed by atoms with Gasteiger partial charge < -0.3 is 21.1 Å². The SMILES string of the molecule is CNc1cc2c(cc1F)C(=O)N(c1ccc(C(=O)NC(C(N)=O)c3ccc(Cl)s3)cc1)CO2. The van der Waals surface area contributed by atoms with Crippen LogP contribution in [0.5, 0.6) is 5.75 Å². The Morgan fingerprint density at radius 3 is 2.55 bits per heavy atom. The number of nitrogens with two attached hydrogens (primary N) is 1. The van der Waals surface area contributed by atoms with Crippen molar-refractivity contribution < 1.29 is 23.5 Å². The van der Waals surface area contributed by atoms with Crippen molar-refractivity contribution in [1.29, 1.82) is 0 Å². The number of amides is 3. The number of carbonyl (C=O) groups excluding carboxylic acids is 3. The summed E-state index contributed by atoms with van der Waals surface area (Å²) in [4.78, 5) is 39.2. The Kier molecular flexibility index (Phi) is 6.21. The van der Waals surface area contributed by atoms with E-state index in [-0.39, 0.29) is 29.3 Å². The zero-order chi connectivity index (χ0) is 23.7. The number of hydrogen-bond acceptors (Lipinski definition) is 6. The van der Waals surface area contributed by atoms with Gasteiger partial charge in [-0.2, -0.15) is 0 Å². The molecule has 2 heterocycles. The van der Waals surface area contributed by atoms with Crippen molar-refractivity contribution in [2.45, 2.75) is 6.04 Å². The lowest BCUT2D eigenvalue weighted by Gasteiger charge is -2.29. The van der Waals surface area contributed by atoms with Crippen LogP contribution in [0.3, 0.4) is 0 Å². The first-order valence-electron chi connectivity index (χ1n) is 9.70. The van der Waals surface area contributed by atoms with Crippen LogP contribution < -0.4 is 26.0 Å². The highest BCUT2D eigenvalue weighted by atomic mass is 35.5. The second kappa shape index (κ2) is 9.08. The van der Waals surface area contributed by atoms with E-state index in [4.69, 9.17) is 22.1 Å². The number of primary amides is 1. The zero-order valence-corrected chi connectivity index (χ0v) is 18.8. The van der Waals surface area contributed by atoms with Crippen molar-refractivity contribution in [1.82, 2.24) is 5.32 Å². The summed E-state index contributed by atoms with van der Waals surface area (Å²) in [7, 11) is 1.57. The van der Waals surface area contributed by atoms with Crippen LogP contribution in [0.4, 0.5) is 15.8 Å².